The van der Waals surface area contributed by atoms with E-state index in [9.17, 15) is 4.79 Å². The quantitative estimate of drug-likeness (QED) is 0.702. The lowest BCUT2D eigenvalue weighted by atomic mass is 10.1. The average molecular weight is 375 g/mol. The van der Waals surface area contributed by atoms with Crippen LogP contribution in [0.25, 0.3) is 11.5 Å². The van der Waals surface area contributed by atoms with Crippen LogP contribution in [-0.4, -0.2) is 32.3 Å². The van der Waals surface area contributed by atoms with Crippen LogP contribution in [-0.2, 0) is 6.54 Å². The van der Waals surface area contributed by atoms with Gasteiger partial charge >= 0.3 is 0 Å². The van der Waals surface area contributed by atoms with Crippen LogP contribution in [0, 0.1) is 0 Å². The molecule has 2 bridgehead atoms. The Labute approximate surface area is 162 Å². The van der Waals surface area contributed by atoms with Crippen molar-refractivity contribution in [3.63, 3.8) is 0 Å². The highest BCUT2D eigenvalue weighted by Crippen LogP contribution is 2.41. The van der Waals surface area contributed by atoms with E-state index in [1.165, 1.54) is 18.4 Å². The molecule has 1 saturated carbocycles. The summed E-state index contributed by atoms with van der Waals surface area (Å²) in [6.45, 7) is 1.35. The third kappa shape index (κ3) is 3.35. The third-order valence-corrected chi connectivity index (χ3v) is 5.18. The van der Waals surface area contributed by atoms with Crippen LogP contribution in [0.2, 0.25) is 0 Å². The van der Waals surface area contributed by atoms with Gasteiger partial charge in [-0.25, -0.2) is 4.98 Å². The molecule has 1 fully saturated rings. The highest BCUT2D eigenvalue weighted by molar-refractivity contribution is 6.06. The summed E-state index contributed by atoms with van der Waals surface area (Å²) in [5.74, 6) is 2.17. The zero-order chi connectivity index (χ0) is 18.9. The molecule has 1 aromatic carbocycles. The number of nitrogens with one attached hydrogen (secondary N) is 1. The van der Waals surface area contributed by atoms with Gasteiger partial charge in [-0.05, 0) is 61.4 Å². The van der Waals surface area contributed by atoms with E-state index in [-0.39, 0.29) is 5.91 Å². The zero-order valence-corrected chi connectivity index (χ0v) is 15.5. The fraction of sp³-hybridized carbons (Fsp3) is 0.333. The molecule has 0 radical (unpaired) electrons. The van der Waals surface area contributed by atoms with Gasteiger partial charge in [0.05, 0.1) is 12.2 Å². The second kappa shape index (κ2) is 7.07. The van der Waals surface area contributed by atoms with Gasteiger partial charge in [-0.15, -0.1) is 10.2 Å². The van der Waals surface area contributed by atoms with Gasteiger partial charge in [0.1, 0.15) is 23.6 Å². The lowest BCUT2D eigenvalue weighted by Crippen LogP contribution is -2.16. The van der Waals surface area contributed by atoms with Crippen LogP contribution in [0.15, 0.2) is 42.7 Å². The number of hydrogen-bond donors (Lipinski definition) is 1. The SMILES string of the molecule is O=C1Nc2cccc(n2)-c2nncn2CCCCOc2ccc(C3CC3)cc21. The molecule has 28 heavy (non-hydrogen) atoms. The largest absolute Gasteiger partial charge is 0.493 e. The van der Waals surface area contributed by atoms with Gasteiger partial charge in [0.2, 0.25) is 0 Å². The number of benzene rings is 1. The summed E-state index contributed by atoms with van der Waals surface area (Å²) >= 11 is 0. The first-order valence-corrected chi connectivity index (χ1v) is 9.71. The van der Waals surface area contributed by atoms with Crippen LogP contribution in [0.3, 0.4) is 0 Å². The number of fused-ring (bicyclic) bond motifs is 5. The fourth-order valence-electron chi connectivity index (χ4n) is 3.52. The summed E-state index contributed by atoms with van der Waals surface area (Å²) in [5.41, 5.74) is 2.46. The second-order valence-electron chi connectivity index (χ2n) is 7.30. The molecule has 2 aromatic heterocycles. The van der Waals surface area contributed by atoms with Crippen molar-refractivity contribution in [1.29, 1.82) is 0 Å². The molecule has 7 heteroatoms. The molecule has 0 saturated heterocycles. The van der Waals surface area contributed by atoms with Gasteiger partial charge in [0.15, 0.2) is 5.82 Å². The summed E-state index contributed by atoms with van der Waals surface area (Å²) in [7, 11) is 0. The number of carbonyl (C=O) groups is 1. The molecule has 0 atom stereocenters. The summed E-state index contributed by atoms with van der Waals surface area (Å²) in [6, 6.07) is 11.5. The standard InChI is InChI=1S/C21H21N5O2/c27-21-16-12-15(14-6-7-14)8-9-18(16)28-11-2-1-10-26-13-22-25-20(26)17-4-3-5-19(23-17)24-21/h3-5,8-9,12-14H,1-2,6-7,10-11H2,(H,23,24,27). The van der Waals surface area contributed by atoms with Crippen molar-refractivity contribution >= 4 is 11.7 Å². The van der Waals surface area contributed by atoms with Crippen molar-refractivity contribution in [3.8, 4) is 17.3 Å². The highest BCUT2D eigenvalue weighted by atomic mass is 16.5. The number of carbonyl (C=O) groups excluding carboxylic acids is 1. The van der Waals surface area contributed by atoms with E-state index in [0.29, 0.717) is 41.2 Å². The van der Waals surface area contributed by atoms with Gasteiger partial charge in [-0.2, -0.15) is 0 Å². The first-order chi connectivity index (χ1) is 13.8. The predicted octanol–water partition coefficient (Wildman–Crippen LogP) is 3.64. The van der Waals surface area contributed by atoms with E-state index in [1.807, 2.05) is 28.8 Å². The van der Waals surface area contributed by atoms with E-state index in [4.69, 9.17) is 4.74 Å². The minimum Gasteiger partial charge on any atom is -0.493 e. The molecular formula is C21H21N5O2. The monoisotopic (exact) mass is 375 g/mol. The zero-order valence-electron chi connectivity index (χ0n) is 15.5. The van der Waals surface area contributed by atoms with E-state index in [1.54, 1.807) is 12.4 Å². The van der Waals surface area contributed by atoms with Crippen LogP contribution in [0.1, 0.15) is 47.5 Å². The molecule has 1 N–H and O–H groups in total. The Morgan fingerprint density at radius 2 is 2.07 bits per heavy atom. The molecule has 7 nitrogen and oxygen atoms in total. The Hall–Kier alpha value is -3.22. The number of hydrogen-bond acceptors (Lipinski definition) is 5. The number of ether oxygens (including phenoxy) is 1. The maximum absolute atomic E-state index is 13.0. The molecule has 5 rings (SSSR count). The topological polar surface area (TPSA) is 81.9 Å². The minimum atomic E-state index is -0.208. The molecular weight excluding hydrogens is 354 g/mol. The van der Waals surface area contributed by atoms with E-state index < -0.39 is 0 Å². The van der Waals surface area contributed by atoms with Gasteiger partial charge in [0.25, 0.3) is 5.91 Å². The molecule has 142 valence electrons. The maximum atomic E-state index is 13.0. The number of aromatic nitrogens is 4. The van der Waals surface area contributed by atoms with Crippen molar-refractivity contribution in [2.45, 2.75) is 38.1 Å². The minimum absolute atomic E-state index is 0.208. The summed E-state index contributed by atoms with van der Waals surface area (Å²) < 4.78 is 7.94. The lowest BCUT2D eigenvalue weighted by Gasteiger charge is -2.15. The predicted molar refractivity (Wildman–Crippen MR) is 104 cm³/mol. The smallest absolute Gasteiger partial charge is 0.260 e. The number of amides is 1. The Morgan fingerprint density at radius 1 is 1.14 bits per heavy atom. The Bertz CT molecular complexity index is 1030. The molecule has 1 amide bonds. The molecule has 3 heterocycles. The van der Waals surface area contributed by atoms with Gasteiger partial charge in [-0.3, -0.25) is 4.79 Å². The normalized spacial score (nSPS) is 16.9. The first-order valence-electron chi connectivity index (χ1n) is 9.71. The molecule has 1 aliphatic heterocycles. The summed E-state index contributed by atoms with van der Waals surface area (Å²) in [5, 5.41) is 11.1. The third-order valence-electron chi connectivity index (χ3n) is 5.18. The van der Waals surface area contributed by atoms with Gasteiger partial charge in [0, 0.05) is 6.54 Å². The number of anilines is 1. The second-order valence-corrected chi connectivity index (χ2v) is 7.30. The Morgan fingerprint density at radius 3 is 2.96 bits per heavy atom. The van der Waals surface area contributed by atoms with E-state index in [2.05, 4.69) is 26.6 Å². The van der Waals surface area contributed by atoms with Crippen molar-refractivity contribution in [1.82, 2.24) is 19.7 Å². The number of rotatable bonds is 1. The molecule has 3 aromatic rings. The number of pyridine rings is 1. The summed E-state index contributed by atoms with van der Waals surface area (Å²) in [6.07, 6.45) is 5.88. The van der Waals surface area contributed by atoms with E-state index >= 15 is 0 Å². The van der Waals surface area contributed by atoms with Gasteiger partial charge < -0.3 is 14.6 Å². The van der Waals surface area contributed by atoms with Crippen LogP contribution >= 0.6 is 0 Å². The fourth-order valence-corrected chi connectivity index (χ4v) is 3.52. The molecule has 2 aliphatic rings. The van der Waals surface area contributed by atoms with Crippen molar-refractivity contribution in [3.05, 3.63) is 53.9 Å². The molecule has 0 unspecified atom stereocenters. The maximum Gasteiger partial charge on any atom is 0.260 e. The van der Waals surface area contributed by atoms with Crippen LogP contribution < -0.4 is 10.1 Å². The highest BCUT2D eigenvalue weighted by Gasteiger charge is 2.26. The average Bonchev–Trinajstić information content (AvgIpc) is 3.45. The first kappa shape index (κ1) is 16.9. The molecule has 0 spiro atoms. The van der Waals surface area contributed by atoms with E-state index in [0.717, 1.165) is 19.4 Å². The van der Waals surface area contributed by atoms with Crippen molar-refractivity contribution in [2.75, 3.05) is 11.9 Å². The Kier molecular flexibility index (Phi) is 4.27. The van der Waals surface area contributed by atoms with Gasteiger partial charge in [-0.1, -0.05) is 12.1 Å². The summed E-state index contributed by atoms with van der Waals surface area (Å²) in [4.78, 5) is 17.6. The van der Waals surface area contributed by atoms with Crippen molar-refractivity contribution in [2.24, 2.45) is 0 Å². The Balaban J connectivity index is 1.53. The van der Waals surface area contributed by atoms with Crippen molar-refractivity contribution < 1.29 is 9.53 Å². The molecule has 1 aliphatic carbocycles. The number of aryl methyl sites for hydroxylation is 1. The van der Waals surface area contributed by atoms with Crippen LogP contribution in [0.5, 0.6) is 5.75 Å². The number of nitrogens with zero attached hydrogens (tertiary/aromatic N) is 4. The van der Waals surface area contributed by atoms with Crippen LogP contribution in [0.4, 0.5) is 5.82 Å². The lowest BCUT2D eigenvalue weighted by molar-refractivity contribution is 0.102.